The Morgan fingerprint density at radius 1 is 1.05 bits per heavy atom. The maximum Gasteiger partial charge on any atom is 0.433 e. The highest BCUT2D eigenvalue weighted by Gasteiger charge is 2.33. The molecule has 0 amide bonds. The molecule has 2 saturated heterocycles. The lowest BCUT2D eigenvalue weighted by atomic mass is 10.0. The third kappa shape index (κ3) is 3.68. The predicted octanol–water partition coefficient (Wildman–Crippen LogP) is 3.12. The van der Waals surface area contributed by atoms with Gasteiger partial charge in [-0.1, -0.05) is 6.07 Å². The second-order valence-corrected chi connectivity index (χ2v) is 6.97. The molecule has 2 aliphatic rings. The Bertz CT molecular complexity index is 495. The van der Waals surface area contributed by atoms with Gasteiger partial charge in [-0.25, -0.2) is 4.98 Å². The van der Waals surface area contributed by atoms with Crippen molar-refractivity contribution in [2.75, 3.05) is 42.6 Å². The van der Waals surface area contributed by atoms with Crippen molar-refractivity contribution in [2.24, 2.45) is 0 Å². The van der Waals surface area contributed by atoms with Crippen LogP contribution in [0, 0.1) is 0 Å². The molecule has 0 atom stereocenters. The SMILES string of the molecule is FC(F)(F)c1cccc(N2CCC(N3CCSCC3)CC2)n1. The molecule has 0 saturated carbocycles. The Labute approximate surface area is 132 Å². The summed E-state index contributed by atoms with van der Waals surface area (Å²) in [5.41, 5.74) is -0.805. The summed E-state index contributed by atoms with van der Waals surface area (Å²) in [6.45, 7) is 3.83. The van der Waals surface area contributed by atoms with E-state index in [1.165, 1.54) is 17.6 Å². The molecular weight excluding hydrogens is 311 g/mol. The standard InChI is InChI=1S/C15H20F3N3S/c16-15(17,18)13-2-1-3-14(19-13)21-6-4-12(5-7-21)20-8-10-22-11-9-20/h1-3,12H,4-11H2. The topological polar surface area (TPSA) is 19.4 Å². The van der Waals surface area contributed by atoms with Crippen LogP contribution in [0.5, 0.6) is 0 Å². The molecule has 0 spiro atoms. The highest BCUT2D eigenvalue weighted by molar-refractivity contribution is 7.99. The molecule has 0 unspecified atom stereocenters. The number of halogens is 3. The maximum absolute atomic E-state index is 12.8. The Morgan fingerprint density at radius 2 is 1.73 bits per heavy atom. The average molecular weight is 331 g/mol. The largest absolute Gasteiger partial charge is 0.433 e. The van der Waals surface area contributed by atoms with E-state index in [0.717, 1.165) is 45.1 Å². The number of thioether (sulfide) groups is 1. The lowest BCUT2D eigenvalue weighted by Crippen LogP contribution is -2.48. The highest BCUT2D eigenvalue weighted by Crippen LogP contribution is 2.30. The molecule has 3 nitrogen and oxygen atoms in total. The molecule has 0 N–H and O–H groups in total. The van der Waals surface area contributed by atoms with E-state index in [9.17, 15) is 13.2 Å². The summed E-state index contributed by atoms with van der Waals surface area (Å²) in [7, 11) is 0. The average Bonchev–Trinajstić information content (AvgIpc) is 2.55. The molecular formula is C15H20F3N3S. The van der Waals surface area contributed by atoms with Crippen molar-refractivity contribution in [3.63, 3.8) is 0 Å². The van der Waals surface area contributed by atoms with Crippen LogP contribution in [0.3, 0.4) is 0 Å². The fourth-order valence-electron chi connectivity index (χ4n) is 3.16. The first-order valence-corrected chi connectivity index (χ1v) is 8.80. The summed E-state index contributed by atoms with van der Waals surface area (Å²) >= 11 is 2.00. The first-order valence-electron chi connectivity index (χ1n) is 7.65. The van der Waals surface area contributed by atoms with Gasteiger partial charge in [-0.05, 0) is 25.0 Å². The number of rotatable bonds is 2. The molecule has 122 valence electrons. The molecule has 0 radical (unpaired) electrons. The Kier molecular flexibility index (Phi) is 4.82. The number of alkyl halides is 3. The smallest absolute Gasteiger partial charge is 0.356 e. The van der Waals surface area contributed by atoms with Crippen molar-refractivity contribution in [1.82, 2.24) is 9.88 Å². The van der Waals surface area contributed by atoms with E-state index in [2.05, 4.69) is 9.88 Å². The van der Waals surface area contributed by atoms with Crippen molar-refractivity contribution < 1.29 is 13.2 Å². The zero-order valence-corrected chi connectivity index (χ0v) is 13.2. The molecule has 0 aromatic carbocycles. The Hall–Kier alpha value is -0.950. The van der Waals surface area contributed by atoms with Gasteiger partial charge < -0.3 is 4.90 Å². The van der Waals surface area contributed by atoms with E-state index in [4.69, 9.17) is 0 Å². The van der Waals surface area contributed by atoms with Crippen LogP contribution in [0.1, 0.15) is 18.5 Å². The molecule has 2 fully saturated rings. The third-order valence-electron chi connectivity index (χ3n) is 4.38. The summed E-state index contributed by atoms with van der Waals surface area (Å²) in [4.78, 5) is 8.30. The number of piperidine rings is 1. The van der Waals surface area contributed by atoms with Crippen molar-refractivity contribution in [2.45, 2.75) is 25.1 Å². The van der Waals surface area contributed by atoms with Crippen LogP contribution < -0.4 is 4.90 Å². The first kappa shape index (κ1) is 15.9. The molecule has 0 bridgehead atoms. The normalized spacial score (nSPS) is 22.0. The van der Waals surface area contributed by atoms with Gasteiger partial charge in [0.1, 0.15) is 11.5 Å². The number of hydrogen-bond acceptors (Lipinski definition) is 4. The summed E-state index contributed by atoms with van der Waals surface area (Å²) in [6, 6.07) is 4.72. The zero-order valence-electron chi connectivity index (χ0n) is 12.4. The molecule has 0 aliphatic carbocycles. The van der Waals surface area contributed by atoms with Crippen molar-refractivity contribution in [3.8, 4) is 0 Å². The van der Waals surface area contributed by atoms with E-state index in [0.29, 0.717) is 11.9 Å². The van der Waals surface area contributed by atoms with Crippen molar-refractivity contribution >= 4 is 17.6 Å². The number of aromatic nitrogens is 1. The molecule has 1 aromatic heterocycles. The van der Waals surface area contributed by atoms with Gasteiger partial charge >= 0.3 is 6.18 Å². The lowest BCUT2D eigenvalue weighted by Gasteiger charge is -2.40. The number of pyridine rings is 1. The first-order chi connectivity index (χ1) is 10.5. The van der Waals surface area contributed by atoms with Gasteiger partial charge in [0.15, 0.2) is 0 Å². The minimum atomic E-state index is -4.38. The van der Waals surface area contributed by atoms with Crippen LogP contribution in [-0.4, -0.2) is 53.6 Å². The van der Waals surface area contributed by atoms with E-state index in [1.807, 2.05) is 16.7 Å². The summed E-state index contributed by atoms with van der Waals surface area (Å²) < 4.78 is 38.3. The molecule has 1 aromatic rings. The monoisotopic (exact) mass is 331 g/mol. The van der Waals surface area contributed by atoms with Gasteiger partial charge in [0.25, 0.3) is 0 Å². The Balaban J connectivity index is 1.61. The van der Waals surface area contributed by atoms with Crippen LogP contribution in [0.15, 0.2) is 18.2 Å². The summed E-state index contributed by atoms with van der Waals surface area (Å²) in [6.07, 6.45) is -2.37. The van der Waals surface area contributed by atoms with Crippen LogP contribution >= 0.6 is 11.8 Å². The second kappa shape index (κ2) is 6.66. The lowest BCUT2D eigenvalue weighted by molar-refractivity contribution is -0.141. The fourth-order valence-corrected chi connectivity index (χ4v) is 4.09. The minimum Gasteiger partial charge on any atom is -0.356 e. The second-order valence-electron chi connectivity index (χ2n) is 5.75. The zero-order chi connectivity index (χ0) is 15.6. The molecule has 22 heavy (non-hydrogen) atoms. The fraction of sp³-hybridized carbons (Fsp3) is 0.667. The van der Waals surface area contributed by atoms with Gasteiger partial charge in [-0.3, -0.25) is 4.90 Å². The van der Waals surface area contributed by atoms with Gasteiger partial charge in [0, 0.05) is 43.7 Å². The van der Waals surface area contributed by atoms with Crippen LogP contribution in [0.4, 0.5) is 19.0 Å². The molecule has 3 rings (SSSR count). The summed E-state index contributed by atoms with van der Waals surface area (Å²) in [5.74, 6) is 2.83. The van der Waals surface area contributed by atoms with Crippen LogP contribution in [0.25, 0.3) is 0 Å². The molecule has 3 heterocycles. The van der Waals surface area contributed by atoms with E-state index in [1.54, 1.807) is 6.07 Å². The number of anilines is 1. The van der Waals surface area contributed by atoms with Crippen LogP contribution in [0.2, 0.25) is 0 Å². The third-order valence-corrected chi connectivity index (χ3v) is 5.32. The quantitative estimate of drug-likeness (QED) is 0.829. The molecule has 2 aliphatic heterocycles. The maximum atomic E-state index is 12.8. The van der Waals surface area contributed by atoms with E-state index < -0.39 is 11.9 Å². The van der Waals surface area contributed by atoms with Gasteiger partial charge in [0.05, 0.1) is 0 Å². The highest BCUT2D eigenvalue weighted by atomic mass is 32.2. The summed E-state index contributed by atoms with van der Waals surface area (Å²) in [5, 5.41) is 0. The van der Waals surface area contributed by atoms with Crippen molar-refractivity contribution in [3.05, 3.63) is 23.9 Å². The molecule has 7 heteroatoms. The van der Waals surface area contributed by atoms with Gasteiger partial charge in [-0.2, -0.15) is 24.9 Å². The Morgan fingerprint density at radius 3 is 2.36 bits per heavy atom. The van der Waals surface area contributed by atoms with Crippen LogP contribution in [-0.2, 0) is 6.18 Å². The van der Waals surface area contributed by atoms with Gasteiger partial charge in [0.2, 0.25) is 0 Å². The number of hydrogen-bond donors (Lipinski definition) is 0. The van der Waals surface area contributed by atoms with E-state index >= 15 is 0 Å². The van der Waals surface area contributed by atoms with E-state index in [-0.39, 0.29) is 0 Å². The predicted molar refractivity (Wildman–Crippen MR) is 83.4 cm³/mol. The van der Waals surface area contributed by atoms with Gasteiger partial charge in [-0.15, -0.1) is 0 Å². The van der Waals surface area contributed by atoms with Crippen molar-refractivity contribution in [1.29, 1.82) is 0 Å². The minimum absolute atomic E-state index is 0.447. The number of nitrogens with zero attached hydrogens (tertiary/aromatic N) is 3.